The van der Waals surface area contributed by atoms with Gasteiger partial charge in [-0.2, -0.15) is 0 Å². The zero-order chi connectivity index (χ0) is 14.5. The van der Waals surface area contributed by atoms with Gasteiger partial charge in [0.25, 0.3) is 0 Å². The molecule has 0 aliphatic heterocycles. The van der Waals surface area contributed by atoms with Crippen LogP contribution >= 0.6 is 11.6 Å². The van der Waals surface area contributed by atoms with Crippen molar-refractivity contribution in [2.24, 2.45) is 0 Å². The summed E-state index contributed by atoms with van der Waals surface area (Å²) in [5.41, 5.74) is 8.18. The Labute approximate surface area is 122 Å². The standard InChI is InChI=1S/C15H16ClFN2O/c1-2-20-15-8-11(4-6-14(15)18)19-9-10-3-5-13(17)12(16)7-10/h3-8,19H,2,9,18H2,1H3. The highest BCUT2D eigenvalue weighted by Crippen LogP contribution is 2.26. The predicted octanol–water partition coefficient (Wildman–Crippen LogP) is 4.07. The molecule has 0 spiro atoms. The number of rotatable bonds is 5. The largest absolute Gasteiger partial charge is 0.492 e. The third-order valence-electron chi connectivity index (χ3n) is 2.79. The summed E-state index contributed by atoms with van der Waals surface area (Å²) in [4.78, 5) is 0. The highest BCUT2D eigenvalue weighted by atomic mass is 35.5. The van der Waals surface area contributed by atoms with Gasteiger partial charge in [-0.25, -0.2) is 4.39 Å². The van der Waals surface area contributed by atoms with Crippen LogP contribution in [0.25, 0.3) is 0 Å². The van der Waals surface area contributed by atoms with Crippen LogP contribution in [0.2, 0.25) is 5.02 Å². The summed E-state index contributed by atoms with van der Waals surface area (Å²) >= 11 is 5.74. The number of ether oxygens (including phenoxy) is 1. The van der Waals surface area contributed by atoms with E-state index >= 15 is 0 Å². The molecule has 0 saturated carbocycles. The second-order valence-corrected chi connectivity index (χ2v) is 4.69. The van der Waals surface area contributed by atoms with Gasteiger partial charge in [-0.1, -0.05) is 17.7 Å². The fraction of sp³-hybridized carbons (Fsp3) is 0.200. The molecule has 0 aromatic heterocycles. The average Bonchev–Trinajstić information content (AvgIpc) is 2.43. The molecule has 0 radical (unpaired) electrons. The maximum Gasteiger partial charge on any atom is 0.144 e. The third kappa shape index (κ3) is 3.54. The van der Waals surface area contributed by atoms with Crippen LogP contribution in [-0.4, -0.2) is 6.61 Å². The lowest BCUT2D eigenvalue weighted by molar-refractivity contribution is 0.342. The number of nitrogen functional groups attached to an aromatic ring is 1. The molecule has 20 heavy (non-hydrogen) atoms. The van der Waals surface area contributed by atoms with Gasteiger partial charge in [0.15, 0.2) is 0 Å². The van der Waals surface area contributed by atoms with Gasteiger partial charge in [0.2, 0.25) is 0 Å². The van der Waals surface area contributed by atoms with Crippen molar-refractivity contribution in [2.75, 3.05) is 17.7 Å². The molecule has 3 N–H and O–H groups in total. The Balaban J connectivity index is 2.06. The second-order valence-electron chi connectivity index (χ2n) is 4.29. The summed E-state index contributed by atoms with van der Waals surface area (Å²) in [6, 6.07) is 10.1. The molecule has 2 rings (SSSR count). The normalized spacial score (nSPS) is 10.3. The number of benzene rings is 2. The van der Waals surface area contributed by atoms with Crippen LogP contribution in [0.3, 0.4) is 0 Å². The first-order valence-electron chi connectivity index (χ1n) is 6.30. The van der Waals surface area contributed by atoms with E-state index in [1.165, 1.54) is 6.07 Å². The Morgan fingerprint density at radius 2 is 2.05 bits per heavy atom. The predicted molar refractivity (Wildman–Crippen MR) is 80.8 cm³/mol. The molecular formula is C15H16ClFN2O. The van der Waals surface area contributed by atoms with E-state index in [-0.39, 0.29) is 5.02 Å². The summed E-state index contributed by atoms with van der Waals surface area (Å²) in [6.07, 6.45) is 0. The molecule has 5 heteroatoms. The minimum atomic E-state index is -0.415. The zero-order valence-electron chi connectivity index (χ0n) is 11.1. The quantitative estimate of drug-likeness (QED) is 0.817. The van der Waals surface area contributed by atoms with Crippen LogP contribution in [0.15, 0.2) is 36.4 Å². The minimum absolute atomic E-state index is 0.122. The Morgan fingerprint density at radius 3 is 2.75 bits per heavy atom. The van der Waals surface area contributed by atoms with E-state index in [0.717, 1.165) is 11.3 Å². The molecule has 0 bridgehead atoms. The fourth-order valence-corrected chi connectivity index (χ4v) is 1.98. The first-order chi connectivity index (χ1) is 9.60. The average molecular weight is 295 g/mol. The molecule has 2 aromatic carbocycles. The molecule has 0 amide bonds. The number of hydrogen-bond donors (Lipinski definition) is 2. The van der Waals surface area contributed by atoms with Gasteiger partial charge in [0.1, 0.15) is 11.6 Å². The van der Waals surface area contributed by atoms with Crippen LogP contribution in [-0.2, 0) is 6.54 Å². The van der Waals surface area contributed by atoms with Gasteiger partial charge in [0.05, 0.1) is 17.3 Å². The molecule has 0 fully saturated rings. The number of halogens is 2. The number of hydrogen-bond acceptors (Lipinski definition) is 3. The van der Waals surface area contributed by atoms with Crippen molar-refractivity contribution in [1.82, 2.24) is 0 Å². The van der Waals surface area contributed by atoms with Crippen LogP contribution in [0.1, 0.15) is 12.5 Å². The van der Waals surface area contributed by atoms with E-state index in [2.05, 4.69) is 5.32 Å². The van der Waals surface area contributed by atoms with E-state index < -0.39 is 5.82 Å². The molecule has 0 heterocycles. The summed E-state index contributed by atoms with van der Waals surface area (Å²) in [7, 11) is 0. The number of nitrogens with one attached hydrogen (secondary N) is 1. The SMILES string of the molecule is CCOc1cc(NCc2ccc(F)c(Cl)c2)ccc1N. The van der Waals surface area contributed by atoms with Gasteiger partial charge in [-0.05, 0) is 36.8 Å². The highest BCUT2D eigenvalue weighted by Gasteiger charge is 2.03. The Morgan fingerprint density at radius 1 is 1.25 bits per heavy atom. The monoisotopic (exact) mass is 294 g/mol. The van der Waals surface area contributed by atoms with Crippen molar-refractivity contribution >= 4 is 23.0 Å². The van der Waals surface area contributed by atoms with Crippen LogP contribution in [0.4, 0.5) is 15.8 Å². The molecule has 0 atom stereocenters. The van der Waals surface area contributed by atoms with Crippen molar-refractivity contribution in [3.8, 4) is 5.75 Å². The molecule has 0 saturated heterocycles. The number of anilines is 2. The van der Waals surface area contributed by atoms with Gasteiger partial charge < -0.3 is 15.8 Å². The molecule has 0 unspecified atom stereocenters. The molecule has 0 aliphatic rings. The van der Waals surface area contributed by atoms with Crippen LogP contribution in [0, 0.1) is 5.82 Å². The van der Waals surface area contributed by atoms with Crippen molar-refractivity contribution in [3.05, 3.63) is 52.8 Å². The van der Waals surface area contributed by atoms with Gasteiger partial charge in [0, 0.05) is 18.3 Å². The lowest BCUT2D eigenvalue weighted by atomic mass is 10.2. The van der Waals surface area contributed by atoms with Crippen molar-refractivity contribution in [1.29, 1.82) is 0 Å². The minimum Gasteiger partial charge on any atom is -0.492 e. The van der Waals surface area contributed by atoms with Crippen molar-refractivity contribution in [3.63, 3.8) is 0 Å². The van der Waals surface area contributed by atoms with Crippen LogP contribution < -0.4 is 15.8 Å². The Bertz CT molecular complexity index is 604. The van der Waals surface area contributed by atoms with E-state index in [1.54, 1.807) is 18.2 Å². The topological polar surface area (TPSA) is 47.3 Å². The molecule has 3 nitrogen and oxygen atoms in total. The van der Waals surface area contributed by atoms with Gasteiger partial charge >= 0.3 is 0 Å². The lowest BCUT2D eigenvalue weighted by Crippen LogP contribution is -2.02. The molecule has 0 aliphatic carbocycles. The van der Waals surface area contributed by atoms with E-state index in [9.17, 15) is 4.39 Å². The molecule has 2 aromatic rings. The highest BCUT2D eigenvalue weighted by molar-refractivity contribution is 6.30. The number of nitrogens with two attached hydrogens (primary N) is 1. The summed E-state index contributed by atoms with van der Waals surface area (Å²) in [5.74, 6) is 0.233. The van der Waals surface area contributed by atoms with Crippen LogP contribution in [0.5, 0.6) is 5.75 Å². The van der Waals surface area contributed by atoms with Gasteiger partial charge in [-0.3, -0.25) is 0 Å². The van der Waals surface area contributed by atoms with E-state index in [0.29, 0.717) is 24.6 Å². The van der Waals surface area contributed by atoms with E-state index in [1.807, 2.05) is 19.1 Å². The third-order valence-corrected chi connectivity index (χ3v) is 3.08. The Hall–Kier alpha value is -1.94. The zero-order valence-corrected chi connectivity index (χ0v) is 11.9. The van der Waals surface area contributed by atoms with E-state index in [4.69, 9.17) is 22.1 Å². The second kappa shape index (κ2) is 6.48. The Kier molecular flexibility index (Phi) is 4.69. The summed E-state index contributed by atoms with van der Waals surface area (Å²) in [6.45, 7) is 3.00. The lowest BCUT2D eigenvalue weighted by Gasteiger charge is -2.11. The molecular weight excluding hydrogens is 279 g/mol. The summed E-state index contributed by atoms with van der Waals surface area (Å²) < 4.78 is 18.5. The van der Waals surface area contributed by atoms with Gasteiger partial charge in [-0.15, -0.1) is 0 Å². The summed E-state index contributed by atoms with van der Waals surface area (Å²) in [5, 5.41) is 3.34. The fourth-order valence-electron chi connectivity index (χ4n) is 1.78. The first kappa shape index (κ1) is 14.5. The first-order valence-corrected chi connectivity index (χ1v) is 6.68. The molecule has 106 valence electrons. The van der Waals surface area contributed by atoms with Crippen molar-refractivity contribution in [2.45, 2.75) is 13.5 Å². The van der Waals surface area contributed by atoms with Crippen molar-refractivity contribution < 1.29 is 9.13 Å². The maximum atomic E-state index is 13.1. The smallest absolute Gasteiger partial charge is 0.144 e. The maximum absolute atomic E-state index is 13.1.